The molecule has 2 aromatic rings. The Morgan fingerprint density at radius 2 is 0.955 bits per heavy atom. The molecule has 4 N–H and O–H groups in total. The van der Waals surface area contributed by atoms with Crippen LogP contribution in [0.2, 0.25) is 0 Å². The van der Waals surface area contributed by atoms with E-state index in [2.05, 4.69) is 0 Å². The van der Waals surface area contributed by atoms with E-state index in [1.807, 2.05) is 0 Å². The lowest BCUT2D eigenvalue weighted by molar-refractivity contribution is 0.403. The van der Waals surface area contributed by atoms with E-state index in [0.717, 1.165) is 48.0 Å². The lowest BCUT2D eigenvalue weighted by atomic mass is 9.84. The van der Waals surface area contributed by atoms with E-state index in [1.165, 1.54) is 12.1 Å². The zero-order valence-electron chi connectivity index (χ0n) is 12.1. The van der Waals surface area contributed by atoms with Crippen LogP contribution in [-0.2, 0) is 0 Å². The summed E-state index contributed by atoms with van der Waals surface area (Å²) in [6.45, 7) is 0. The molecule has 4 nitrogen and oxygen atoms in total. The van der Waals surface area contributed by atoms with Crippen molar-refractivity contribution in [3.63, 3.8) is 0 Å². The summed E-state index contributed by atoms with van der Waals surface area (Å²) in [4.78, 5) is 0. The molecule has 0 aliphatic heterocycles. The minimum atomic E-state index is -0.136. The van der Waals surface area contributed by atoms with Crippen LogP contribution in [0.1, 0.15) is 36.8 Å². The second-order valence-corrected chi connectivity index (χ2v) is 5.57. The Balaban J connectivity index is 2.12. The zero-order valence-corrected chi connectivity index (χ0v) is 12.1. The summed E-state index contributed by atoms with van der Waals surface area (Å²) in [5, 5.41) is 38.4. The third kappa shape index (κ3) is 2.60. The van der Waals surface area contributed by atoms with Crippen molar-refractivity contribution in [2.45, 2.75) is 25.7 Å². The number of allylic oxidation sites excluding steroid dienone is 2. The molecule has 0 fully saturated rings. The summed E-state index contributed by atoms with van der Waals surface area (Å²) < 4.78 is 0. The number of rotatable bonds is 2. The first-order valence-corrected chi connectivity index (χ1v) is 7.33. The topological polar surface area (TPSA) is 80.9 Å². The maximum atomic E-state index is 9.72. The van der Waals surface area contributed by atoms with Gasteiger partial charge in [-0.05, 0) is 72.2 Å². The predicted octanol–water partition coefficient (Wildman–Crippen LogP) is 3.99. The van der Waals surface area contributed by atoms with Crippen molar-refractivity contribution in [3.05, 3.63) is 47.5 Å². The summed E-state index contributed by atoms with van der Waals surface area (Å²) >= 11 is 0. The third-order valence-electron chi connectivity index (χ3n) is 4.12. The first kappa shape index (κ1) is 14.3. The van der Waals surface area contributed by atoms with Crippen molar-refractivity contribution < 1.29 is 20.4 Å². The first-order chi connectivity index (χ1) is 10.6. The molecule has 4 heteroatoms. The number of hydrogen-bond acceptors (Lipinski definition) is 4. The lowest BCUT2D eigenvalue weighted by Gasteiger charge is -2.21. The van der Waals surface area contributed by atoms with Crippen molar-refractivity contribution in [1.29, 1.82) is 0 Å². The molecular formula is C18H18O4. The minimum absolute atomic E-state index is 0.135. The van der Waals surface area contributed by atoms with E-state index in [-0.39, 0.29) is 23.0 Å². The van der Waals surface area contributed by atoms with E-state index in [0.29, 0.717) is 0 Å². The Morgan fingerprint density at radius 1 is 0.545 bits per heavy atom. The van der Waals surface area contributed by atoms with Crippen LogP contribution in [0.4, 0.5) is 0 Å². The van der Waals surface area contributed by atoms with Gasteiger partial charge < -0.3 is 20.4 Å². The van der Waals surface area contributed by atoms with Crippen LogP contribution in [0.3, 0.4) is 0 Å². The molecule has 0 bridgehead atoms. The van der Waals surface area contributed by atoms with Gasteiger partial charge in [-0.25, -0.2) is 0 Å². The summed E-state index contributed by atoms with van der Waals surface area (Å²) in [5.41, 5.74) is 3.95. The molecular weight excluding hydrogens is 280 g/mol. The summed E-state index contributed by atoms with van der Waals surface area (Å²) in [5.74, 6) is -0.542. The average Bonchev–Trinajstić information content (AvgIpc) is 2.53. The summed E-state index contributed by atoms with van der Waals surface area (Å²) in [6.07, 6.45) is 3.87. The molecule has 0 amide bonds. The zero-order chi connectivity index (χ0) is 15.7. The van der Waals surface area contributed by atoms with Gasteiger partial charge in [0.05, 0.1) is 0 Å². The van der Waals surface area contributed by atoms with Gasteiger partial charge in [-0.2, -0.15) is 0 Å². The fourth-order valence-corrected chi connectivity index (χ4v) is 2.96. The van der Waals surface area contributed by atoms with Crippen molar-refractivity contribution in [2.75, 3.05) is 0 Å². The summed E-state index contributed by atoms with van der Waals surface area (Å²) in [7, 11) is 0. The number of phenolic OH excluding ortho intramolecular Hbond substituents is 4. The average molecular weight is 298 g/mol. The monoisotopic (exact) mass is 298 g/mol. The molecule has 0 radical (unpaired) electrons. The maximum Gasteiger partial charge on any atom is 0.157 e. The molecule has 22 heavy (non-hydrogen) atoms. The molecule has 0 spiro atoms. The van der Waals surface area contributed by atoms with E-state index < -0.39 is 0 Å². The molecule has 0 unspecified atom stereocenters. The van der Waals surface area contributed by atoms with E-state index in [9.17, 15) is 20.4 Å². The Morgan fingerprint density at radius 3 is 1.32 bits per heavy atom. The van der Waals surface area contributed by atoms with E-state index in [4.69, 9.17) is 0 Å². The van der Waals surface area contributed by atoms with E-state index in [1.54, 1.807) is 24.3 Å². The normalized spacial score (nSPS) is 15.1. The smallest absolute Gasteiger partial charge is 0.157 e. The Labute approximate surface area is 128 Å². The van der Waals surface area contributed by atoms with Gasteiger partial charge in [0.1, 0.15) is 0 Å². The van der Waals surface area contributed by atoms with Gasteiger partial charge in [-0.15, -0.1) is 0 Å². The van der Waals surface area contributed by atoms with Gasteiger partial charge in [-0.3, -0.25) is 0 Å². The molecule has 0 atom stereocenters. The standard InChI is InChI=1S/C18H18O4/c19-15-7-5-11(9-17(15)21)13-3-1-2-4-14(13)12-6-8-16(20)18(22)10-12/h5-10,19-22H,1-4H2. The molecule has 3 rings (SSSR count). The fourth-order valence-electron chi connectivity index (χ4n) is 2.96. The quantitative estimate of drug-likeness (QED) is 0.632. The Hall–Kier alpha value is -2.62. The molecule has 0 aromatic heterocycles. The number of aromatic hydroxyl groups is 4. The highest BCUT2D eigenvalue weighted by molar-refractivity contribution is 5.92. The third-order valence-corrected chi connectivity index (χ3v) is 4.12. The van der Waals surface area contributed by atoms with Crippen LogP contribution in [0.15, 0.2) is 36.4 Å². The van der Waals surface area contributed by atoms with Gasteiger partial charge in [0.15, 0.2) is 23.0 Å². The highest BCUT2D eigenvalue weighted by Gasteiger charge is 2.18. The summed E-state index contributed by atoms with van der Waals surface area (Å²) in [6, 6.07) is 9.68. The highest BCUT2D eigenvalue weighted by atomic mass is 16.3. The van der Waals surface area contributed by atoms with Crippen LogP contribution in [0, 0.1) is 0 Å². The van der Waals surface area contributed by atoms with Crippen LogP contribution in [0.5, 0.6) is 23.0 Å². The van der Waals surface area contributed by atoms with E-state index >= 15 is 0 Å². The van der Waals surface area contributed by atoms with Gasteiger partial charge in [0.25, 0.3) is 0 Å². The van der Waals surface area contributed by atoms with Gasteiger partial charge >= 0.3 is 0 Å². The highest BCUT2D eigenvalue weighted by Crippen LogP contribution is 2.41. The van der Waals surface area contributed by atoms with Crippen molar-refractivity contribution in [1.82, 2.24) is 0 Å². The molecule has 114 valence electrons. The van der Waals surface area contributed by atoms with Crippen molar-refractivity contribution >= 4 is 11.1 Å². The van der Waals surface area contributed by atoms with Gasteiger partial charge in [-0.1, -0.05) is 12.1 Å². The largest absolute Gasteiger partial charge is 0.504 e. The number of phenols is 4. The Kier molecular flexibility index (Phi) is 3.67. The molecule has 1 aliphatic carbocycles. The second-order valence-electron chi connectivity index (χ2n) is 5.57. The van der Waals surface area contributed by atoms with Gasteiger partial charge in [0.2, 0.25) is 0 Å². The van der Waals surface area contributed by atoms with Crippen LogP contribution in [-0.4, -0.2) is 20.4 Å². The van der Waals surface area contributed by atoms with Crippen LogP contribution < -0.4 is 0 Å². The van der Waals surface area contributed by atoms with Crippen molar-refractivity contribution in [2.24, 2.45) is 0 Å². The molecule has 0 heterocycles. The molecule has 0 saturated carbocycles. The van der Waals surface area contributed by atoms with Crippen LogP contribution >= 0.6 is 0 Å². The maximum absolute atomic E-state index is 9.72. The Bertz CT molecular complexity index is 683. The fraction of sp³-hybridized carbons (Fsp3) is 0.222. The van der Waals surface area contributed by atoms with Gasteiger partial charge in [0, 0.05) is 0 Å². The predicted molar refractivity (Wildman–Crippen MR) is 84.8 cm³/mol. The lowest BCUT2D eigenvalue weighted by Crippen LogP contribution is -1.99. The van der Waals surface area contributed by atoms with Crippen LogP contribution in [0.25, 0.3) is 11.1 Å². The number of hydrogen-bond donors (Lipinski definition) is 4. The SMILES string of the molecule is Oc1ccc(C2=C(c3ccc(O)c(O)c3)CCCC2)cc1O. The second kappa shape index (κ2) is 5.64. The molecule has 1 aliphatic rings. The van der Waals surface area contributed by atoms with Crippen molar-refractivity contribution in [3.8, 4) is 23.0 Å². The number of benzene rings is 2. The molecule has 0 saturated heterocycles. The minimum Gasteiger partial charge on any atom is -0.504 e. The first-order valence-electron chi connectivity index (χ1n) is 7.33. The molecule has 2 aromatic carbocycles.